The lowest BCUT2D eigenvalue weighted by atomic mass is 10.1. The molecule has 0 bridgehead atoms. The van der Waals surface area contributed by atoms with E-state index in [1.165, 1.54) is 0 Å². The molecule has 0 spiro atoms. The summed E-state index contributed by atoms with van der Waals surface area (Å²) >= 11 is 0. The summed E-state index contributed by atoms with van der Waals surface area (Å²) in [5, 5.41) is 10.4. The fourth-order valence-electron chi connectivity index (χ4n) is 4.02. The monoisotopic (exact) mass is 443 g/mol. The molecule has 1 N–H and O–H groups in total. The number of ether oxygens (including phenoxy) is 1. The second-order valence-electron chi connectivity index (χ2n) is 8.74. The van der Waals surface area contributed by atoms with Crippen LogP contribution in [0.25, 0.3) is 22.9 Å². The summed E-state index contributed by atoms with van der Waals surface area (Å²) in [5.74, 6) is 0.580. The van der Waals surface area contributed by atoms with Crippen molar-refractivity contribution in [2.45, 2.75) is 32.4 Å². The van der Waals surface area contributed by atoms with Gasteiger partial charge in [-0.05, 0) is 56.3 Å². The van der Waals surface area contributed by atoms with E-state index < -0.39 is 5.60 Å². The molecule has 8 nitrogen and oxygen atoms in total. The summed E-state index contributed by atoms with van der Waals surface area (Å²) in [5.41, 5.74) is 2.77. The molecule has 0 radical (unpaired) electrons. The van der Waals surface area contributed by atoms with Crippen molar-refractivity contribution >= 4 is 17.2 Å². The van der Waals surface area contributed by atoms with Crippen LogP contribution in [0.4, 0.5) is 0 Å². The van der Waals surface area contributed by atoms with Gasteiger partial charge in [0, 0.05) is 19.7 Å². The molecule has 4 aromatic rings. The summed E-state index contributed by atoms with van der Waals surface area (Å²) in [6.45, 7) is 3.85. The van der Waals surface area contributed by atoms with Crippen molar-refractivity contribution in [2.75, 3.05) is 0 Å². The van der Waals surface area contributed by atoms with Crippen LogP contribution in [0.15, 0.2) is 65.6 Å². The highest BCUT2D eigenvalue weighted by Gasteiger charge is 2.23. The molecule has 5 rings (SSSR count). The molecule has 0 unspecified atom stereocenters. The van der Waals surface area contributed by atoms with Gasteiger partial charge in [-0.25, -0.2) is 14.3 Å². The van der Waals surface area contributed by atoms with Crippen LogP contribution in [-0.2, 0) is 20.0 Å². The third-order valence-corrected chi connectivity index (χ3v) is 5.53. The summed E-state index contributed by atoms with van der Waals surface area (Å²) < 4.78 is 11.2. The van der Waals surface area contributed by atoms with Crippen LogP contribution >= 0.6 is 0 Å². The van der Waals surface area contributed by atoms with Gasteiger partial charge in [-0.15, -0.1) is 0 Å². The number of hydrogen-bond donors (Lipinski definition) is 1. The van der Waals surface area contributed by atoms with E-state index in [2.05, 4.69) is 9.97 Å². The molecule has 0 fully saturated rings. The highest BCUT2D eigenvalue weighted by molar-refractivity contribution is 5.73. The number of aliphatic hydroxyl groups is 1. The Kier molecular flexibility index (Phi) is 5.02. The van der Waals surface area contributed by atoms with Gasteiger partial charge in [-0.3, -0.25) is 9.13 Å². The van der Waals surface area contributed by atoms with Crippen LogP contribution in [0.3, 0.4) is 0 Å². The highest BCUT2D eigenvalue weighted by atomic mass is 16.5. The molecule has 0 saturated heterocycles. The van der Waals surface area contributed by atoms with Crippen LogP contribution < -0.4 is 10.4 Å². The van der Waals surface area contributed by atoms with Crippen molar-refractivity contribution in [2.24, 2.45) is 7.05 Å². The predicted octanol–water partition coefficient (Wildman–Crippen LogP) is 3.61. The Balaban J connectivity index is 1.50. The maximum atomic E-state index is 12.8. The second kappa shape index (κ2) is 7.90. The second-order valence-corrected chi connectivity index (χ2v) is 8.74. The van der Waals surface area contributed by atoms with E-state index in [1.54, 1.807) is 48.4 Å². The van der Waals surface area contributed by atoms with Crippen LogP contribution in [0.1, 0.15) is 25.2 Å². The minimum absolute atomic E-state index is 0.165. The highest BCUT2D eigenvalue weighted by Crippen LogP contribution is 2.29. The number of hydrogen-bond acceptors (Lipinski definition) is 5. The minimum Gasteiger partial charge on any atom is -0.425 e. The minimum atomic E-state index is -0.938. The normalized spacial score (nSPS) is 13.3. The average molecular weight is 444 g/mol. The number of aryl methyl sites for hydroxylation is 1. The largest absolute Gasteiger partial charge is 0.425 e. The Labute approximate surface area is 190 Å². The molecule has 168 valence electrons. The van der Waals surface area contributed by atoms with Gasteiger partial charge < -0.3 is 9.84 Å². The van der Waals surface area contributed by atoms with E-state index in [-0.39, 0.29) is 5.69 Å². The number of pyridine rings is 1. The number of nitrogens with zero attached hydrogens (tertiary/aromatic N) is 5. The number of fused-ring (bicyclic) bond motifs is 2. The molecular formula is C25H25N5O3. The van der Waals surface area contributed by atoms with Crippen molar-refractivity contribution in [1.29, 1.82) is 0 Å². The predicted molar refractivity (Wildman–Crippen MR) is 127 cm³/mol. The molecule has 1 aromatic carbocycles. The number of rotatable bonds is 5. The zero-order chi connectivity index (χ0) is 23.2. The van der Waals surface area contributed by atoms with Crippen molar-refractivity contribution in [1.82, 2.24) is 23.7 Å². The molecule has 3 aromatic heterocycles. The Morgan fingerprint density at radius 2 is 1.94 bits per heavy atom. The quantitative estimate of drug-likeness (QED) is 0.509. The molecular weight excluding hydrogens is 418 g/mol. The first-order valence-electron chi connectivity index (χ1n) is 10.8. The molecule has 1 aliphatic rings. The van der Waals surface area contributed by atoms with Gasteiger partial charge in [0.05, 0.1) is 34.7 Å². The smallest absolute Gasteiger partial charge is 0.334 e. The fourth-order valence-corrected chi connectivity index (χ4v) is 4.02. The zero-order valence-electron chi connectivity index (χ0n) is 18.8. The van der Waals surface area contributed by atoms with Gasteiger partial charge in [0.25, 0.3) is 0 Å². The molecule has 3 heterocycles. The topological polar surface area (TPSA) is 87.1 Å². The Morgan fingerprint density at radius 3 is 2.70 bits per heavy atom. The van der Waals surface area contributed by atoms with Crippen molar-refractivity contribution in [3.63, 3.8) is 0 Å². The van der Waals surface area contributed by atoms with Crippen LogP contribution in [0.5, 0.6) is 11.8 Å². The molecule has 1 aliphatic carbocycles. The zero-order valence-corrected chi connectivity index (χ0v) is 18.8. The standard InChI is InChI=1S/C25H25N5O3/c1-25(2,32)16-29-20-9-6-4-5-8-19(20)27-23(29)33-18-13-11-17(12-14-18)30-22-21(10-7-15-26-22)28(3)24(30)31/h4-7,9-15,32H,8,16H2,1-3H3. The van der Waals surface area contributed by atoms with Gasteiger partial charge in [0.15, 0.2) is 5.65 Å². The maximum Gasteiger partial charge on any atom is 0.334 e. The molecule has 8 heteroatoms. The molecule has 33 heavy (non-hydrogen) atoms. The third kappa shape index (κ3) is 3.89. The Bertz CT molecular complexity index is 1450. The first-order chi connectivity index (χ1) is 15.8. The summed E-state index contributed by atoms with van der Waals surface area (Å²) in [7, 11) is 1.73. The lowest BCUT2D eigenvalue weighted by molar-refractivity contribution is 0.0591. The number of allylic oxidation sites excluding steroid dienone is 3. The first-order valence-corrected chi connectivity index (χ1v) is 10.8. The van der Waals surface area contributed by atoms with Gasteiger partial charge in [-0.1, -0.05) is 18.2 Å². The van der Waals surface area contributed by atoms with E-state index in [0.29, 0.717) is 36.1 Å². The Morgan fingerprint density at radius 1 is 1.15 bits per heavy atom. The molecule has 0 aliphatic heterocycles. The SMILES string of the molecule is Cn1c(=O)n(-c2ccc(Oc3nc4c(n3CC(C)(C)O)C=CC=CC4)cc2)c2ncccc21. The van der Waals surface area contributed by atoms with Gasteiger partial charge in [-0.2, -0.15) is 4.98 Å². The maximum absolute atomic E-state index is 12.8. The van der Waals surface area contributed by atoms with Crippen LogP contribution in [0.2, 0.25) is 0 Å². The number of aromatic nitrogens is 5. The van der Waals surface area contributed by atoms with Crippen molar-refractivity contribution in [3.05, 3.63) is 82.7 Å². The lowest BCUT2D eigenvalue weighted by Gasteiger charge is -2.20. The summed E-state index contributed by atoms with van der Waals surface area (Å²) in [4.78, 5) is 21.9. The van der Waals surface area contributed by atoms with E-state index in [0.717, 1.165) is 16.9 Å². The summed E-state index contributed by atoms with van der Waals surface area (Å²) in [6.07, 6.45) is 10.3. The van der Waals surface area contributed by atoms with E-state index in [1.807, 2.05) is 53.1 Å². The van der Waals surface area contributed by atoms with Crippen molar-refractivity contribution in [3.8, 4) is 17.4 Å². The molecule has 0 atom stereocenters. The van der Waals surface area contributed by atoms with E-state index >= 15 is 0 Å². The summed E-state index contributed by atoms with van der Waals surface area (Å²) in [6, 6.07) is 11.3. The fraction of sp³-hybridized carbons (Fsp3) is 0.240. The van der Waals surface area contributed by atoms with Gasteiger partial charge in [0.1, 0.15) is 5.75 Å². The van der Waals surface area contributed by atoms with Gasteiger partial charge in [0.2, 0.25) is 0 Å². The van der Waals surface area contributed by atoms with E-state index in [4.69, 9.17) is 4.74 Å². The lowest BCUT2D eigenvalue weighted by Crippen LogP contribution is -2.27. The molecule has 0 saturated carbocycles. The van der Waals surface area contributed by atoms with Gasteiger partial charge >= 0.3 is 11.7 Å². The number of imidazole rings is 2. The van der Waals surface area contributed by atoms with Crippen LogP contribution in [-0.4, -0.2) is 34.4 Å². The van der Waals surface area contributed by atoms with Crippen LogP contribution in [0, 0.1) is 0 Å². The van der Waals surface area contributed by atoms with E-state index in [9.17, 15) is 9.90 Å². The molecule has 0 amide bonds. The Hall–Kier alpha value is -3.91. The average Bonchev–Trinajstić information content (AvgIpc) is 3.09. The first kappa shape index (κ1) is 21.0. The number of benzene rings is 1. The third-order valence-electron chi connectivity index (χ3n) is 5.53. The van der Waals surface area contributed by atoms with Crippen molar-refractivity contribution < 1.29 is 9.84 Å².